The van der Waals surface area contributed by atoms with Gasteiger partial charge < -0.3 is 20.6 Å². The maximum atomic E-state index is 12.1. The summed E-state index contributed by atoms with van der Waals surface area (Å²) in [6, 6.07) is 18.0. The molecule has 0 aliphatic carbocycles. The van der Waals surface area contributed by atoms with Crippen LogP contribution in [-0.2, 0) is 16.0 Å². The van der Waals surface area contributed by atoms with Crippen LogP contribution in [0.25, 0.3) is 11.1 Å². The third-order valence-corrected chi connectivity index (χ3v) is 5.12. The monoisotopic (exact) mass is 413 g/mol. The van der Waals surface area contributed by atoms with Crippen LogP contribution in [0.4, 0.5) is 0 Å². The molecule has 0 aliphatic rings. The Morgan fingerprint density at radius 2 is 1.53 bits per heavy atom. The van der Waals surface area contributed by atoms with Crippen LogP contribution < -0.4 is 5.32 Å². The Labute approximate surface area is 177 Å². The average Bonchev–Trinajstić information content (AvgIpc) is 2.73. The first-order valence-electron chi connectivity index (χ1n) is 10.3. The molecule has 0 spiro atoms. The van der Waals surface area contributed by atoms with Crippen molar-refractivity contribution >= 4 is 11.9 Å². The van der Waals surface area contributed by atoms with Crippen molar-refractivity contribution in [3.8, 4) is 11.1 Å². The number of aliphatic carboxylic acids is 1. The normalized spacial score (nSPS) is 14.0. The van der Waals surface area contributed by atoms with Crippen LogP contribution in [0.1, 0.15) is 38.2 Å². The lowest BCUT2D eigenvalue weighted by Gasteiger charge is -2.17. The van der Waals surface area contributed by atoms with E-state index in [1.807, 2.05) is 61.5 Å². The first kappa shape index (κ1) is 23.6. The highest BCUT2D eigenvalue weighted by molar-refractivity contribution is 5.78. The predicted molar refractivity (Wildman–Crippen MR) is 116 cm³/mol. The molecule has 4 N–H and O–H groups in total. The first-order valence-corrected chi connectivity index (χ1v) is 10.3. The number of carbonyl (C=O) groups excluding carboxylic acids is 1. The number of benzene rings is 2. The van der Waals surface area contributed by atoms with Crippen LogP contribution in [0.2, 0.25) is 0 Å². The van der Waals surface area contributed by atoms with E-state index in [1.165, 1.54) is 0 Å². The number of carboxylic acid groups (broad SMARTS) is 1. The lowest BCUT2D eigenvalue weighted by Crippen LogP contribution is -2.29. The number of rotatable bonds is 12. The van der Waals surface area contributed by atoms with E-state index in [2.05, 4.69) is 5.32 Å². The minimum absolute atomic E-state index is 0.0905. The van der Waals surface area contributed by atoms with Gasteiger partial charge in [0.2, 0.25) is 5.91 Å². The smallest absolute Gasteiger partial charge is 0.332 e. The molecular weight excluding hydrogens is 382 g/mol. The maximum absolute atomic E-state index is 12.1. The van der Waals surface area contributed by atoms with Gasteiger partial charge in [0, 0.05) is 6.54 Å². The van der Waals surface area contributed by atoms with Crippen LogP contribution in [0.5, 0.6) is 0 Å². The van der Waals surface area contributed by atoms with E-state index in [0.717, 1.165) is 16.7 Å². The second-order valence-corrected chi connectivity index (χ2v) is 7.80. The van der Waals surface area contributed by atoms with E-state index >= 15 is 0 Å². The van der Waals surface area contributed by atoms with E-state index in [4.69, 9.17) is 5.11 Å². The van der Waals surface area contributed by atoms with Crippen molar-refractivity contribution < 1.29 is 24.9 Å². The second kappa shape index (κ2) is 12.1. The van der Waals surface area contributed by atoms with E-state index in [-0.39, 0.29) is 24.7 Å². The fraction of sp³-hybridized carbons (Fsp3) is 0.417. The molecule has 0 heterocycles. The largest absolute Gasteiger partial charge is 0.479 e. The standard InChI is InChI=1S/C24H31NO5/c1-17(7-12-22(27)24(29)30)15-21(26)13-14-25-23(28)16-18-8-10-20(11-9-18)19-5-3-2-4-6-19/h2-6,8-11,17,21-22,26-27H,7,12-16H2,1H3,(H,25,28)(H,29,30)/t17-,21-,22-/m1/s1. The lowest BCUT2D eigenvalue weighted by molar-refractivity contribution is -0.147. The minimum atomic E-state index is -1.36. The molecule has 0 radical (unpaired) electrons. The Bertz CT molecular complexity index is 791. The summed E-state index contributed by atoms with van der Waals surface area (Å²) in [5.41, 5.74) is 3.17. The quantitative estimate of drug-likeness (QED) is 0.428. The Hall–Kier alpha value is -2.70. The van der Waals surface area contributed by atoms with E-state index in [9.17, 15) is 19.8 Å². The predicted octanol–water partition coefficient (Wildman–Crippen LogP) is 3.02. The summed E-state index contributed by atoms with van der Waals surface area (Å²) >= 11 is 0. The number of hydrogen-bond donors (Lipinski definition) is 4. The highest BCUT2D eigenvalue weighted by Gasteiger charge is 2.16. The summed E-state index contributed by atoms with van der Waals surface area (Å²) in [5.74, 6) is -1.22. The van der Waals surface area contributed by atoms with Gasteiger partial charge in [-0.1, -0.05) is 61.5 Å². The van der Waals surface area contributed by atoms with Crippen LogP contribution in [0.3, 0.4) is 0 Å². The van der Waals surface area contributed by atoms with Crippen molar-refractivity contribution in [1.29, 1.82) is 0 Å². The zero-order chi connectivity index (χ0) is 21.9. The molecule has 2 rings (SSSR count). The van der Waals surface area contributed by atoms with Gasteiger partial charge in [-0.2, -0.15) is 0 Å². The molecule has 0 aromatic heterocycles. The fourth-order valence-electron chi connectivity index (χ4n) is 3.34. The molecule has 3 atom stereocenters. The van der Waals surface area contributed by atoms with Crippen LogP contribution in [0, 0.1) is 5.92 Å². The maximum Gasteiger partial charge on any atom is 0.332 e. The molecule has 0 saturated carbocycles. The number of carboxylic acids is 1. The van der Waals surface area contributed by atoms with Gasteiger partial charge >= 0.3 is 5.97 Å². The van der Waals surface area contributed by atoms with Gasteiger partial charge in [-0.15, -0.1) is 0 Å². The summed E-state index contributed by atoms with van der Waals surface area (Å²) in [7, 11) is 0. The molecular formula is C24H31NO5. The van der Waals surface area contributed by atoms with Crippen molar-refractivity contribution in [1.82, 2.24) is 5.32 Å². The molecule has 6 nitrogen and oxygen atoms in total. The molecule has 0 unspecified atom stereocenters. The number of aliphatic hydroxyl groups is 2. The van der Waals surface area contributed by atoms with E-state index < -0.39 is 18.2 Å². The third-order valence-electron chi connectivity index (χ3n) is 5.12. The summed E-state index contributed by atoms with van der Waals surface area (Å²) in [4.78, 5) is 22.7. The molecule has 0 bridgehead atoms. The minimum Gasteiger partial charge on any atom is -0.479 e. The molecule has 2 aromatic carbocycles. The van der Waals surface area contributed by atoms with Crippen LogP contribution >= 0.6 is 0 Å². The average molecular weight is 414 g/mol. The van der Waals surface area contributed by atoms with Gasteiger partial charge in [0.05, 0.1) is 12.5 Å². The van der Waals surface area contributed by atoms with Crippen molar-refractivity contribution in [3.05, 3.63) is 60.2 Å². The second-order valence-electron chi connectivity index (χ2n) is 7.80. The van der Waals surface area contributed by atoms with E-state index in [0.29, 0.717) is 25.8 Å². The molecule has 1 amide bonds. The SMILES string of the molecule is C[C@H](CC[C@@H](O)C(=O)O)C[C@H](O)CCNC(=O)Cc1ccc(-c2ccccc2)cc1. The molecule has 0 fully saturated rings. The topological polar surface area (TPSA) is 107 Å². The zero-order valence-electron chi connectivity index (χ0n) is 17.3. The Morgan fingerprint density at radius 3 is 2.17 bits per heavy atom. The van der Waals surface area contributed by atoms with Gasteiger partial charge in [0.1, 0.15) is 0 Å². The van der Waals surface area contributed by atoms with Gasteiger partial charge in [-0.25, -0.2) is 4.79 Å². The Kier molecular flexibility index (Phi) is 9.51. The number of carbonyl (C=O) groups is 2. The molecule has 2 aromatic rings. The highest BCUT2D eigenvalue weighted by Crippen LogP contribution is 2.19. The first-order chi connectivity index (χ1) is 14.3. The summed E-state index contributed by atoms with van der Waals surface area (Å²) < 4.78 is 0. The van der Waals surface area contributed by atoms with Gasteiger partial charge in [0.25, 0.3) is 0 Å². The summed E-state index contributed by atoms with van der Waals surface area (Å²) in [5, 5.41) is 30.9. The van der Waals surface area contributed by atoms with Gasteiger partial charge in [-0.05, 0) is 48.3 Å². The molecule has 30 heavy (non-hydrogen) atoms. The molecule has 6 heteroatoms. The lowest BCUT2D eigenvalue weighted by atomic mass is 9.95. The number of hydrogen-bond acceptors (Lipinski definition) is 4. The van der Waals surface area contributed by atoms with Gasteiger partial charge in [0.15, 0.2) is 6.10 Å². The number of nitrogens with one attached hydrogen (secondary N) is 1. The highest BCUT2D eigenvalue weighted by atomic mass is 16.4. The van der Waals surface area contributed by atoms with Gasteiger partial charge in [-0.3, -0.25) is 4.79 Å². The third kappa shape index (κ3) is 8.35. The van der Waals surface area contributed by atoms with E-state index in [1.54, 1.807) is 0 Å². The van der Waals surface area contributed by atoms with Crippen molar-refractivity contribution in [2.24, 2.45) is 5.92 Å². The number of amides is 1. The molecule has 0 aliphatic heterocycles. The van der Waals surface area contributed by atoms with Crippen molar-refractivity contribution in [2.75, 3.05) is 6.54 Å². The van der Waals surface area contributed by atoms with Crippen LogP contribution in [-0.4, -0.2) is 45.9 Å². The summed E-state index contributed by atoms with van der Waals surface area (Å²) in [6.45, 7) is 2.29. The molecule has 162 valence electrons. The molecule has 0 saturated heterocycles. The Balaban J connectivity index is 1.66. The van der Waals surface area contributed by atoms with Crippen molar-refractivity contribution in [2.45, 2.75) is 51.2 Å². The number of aliphatic hydroxyl groups excluding tert-OH is 2. The summed E-state index contributed by atoms with van der Waals surface area (Å²) in [6.07, 6.45) is -0.0145. The zero-order valence-corrected chi connectivity index (χ0v) is 17.3. The van der Waals surface area contributed by atoms with Crippen LogP contribution in [0.15, 0.2) is 54.6 Å². The Morgan fingerprint density at radius 1 is 0.900 bits per heavy atom. The fourth-order valence-corrected chi connectivity index (χ4v) is 3.34. The van der Waals surface area contributed by atoms with Crippen molar-refractivity contribution in [3.63, 3.8) is 0 Å².